The Balaban J connectivity index is 3.09. The van der Waals surface area contributed by atoms with Gasteiger partial charge in [0.25, 0.3) is 12.1 Å². The van der Waals surface area contributed by atoms with Gasteiger partial charge in [-0.1, -0.05) is 15.9 Å². The fourth-order valence-corrected chi connectivity index (χ4v) is 2.97. The van der Waals surface area contributed by atoms with Crippen molar-refractivity contribution in [1.29, 1.82) is 0 Å². The maximum atomic E-state index is 12.1. The summed E-state index contributed by atoms with van der Waals surface area (Å²) < 4.78 is 49.8. The summed E-state index contributed by atoms with van der Waals surface area (Å²) in [5, 5.41) is 19.6. The first-order valence-corrected chi connectivity index (χ1v) is 7.32. The van der Waals surface area contributed by atoms with Crippen molar-refractivity contribution in [3.8, 4) is 0 Å². The van der Waals surface area contributed by atoms with E-state index in [0.29, 0.717) is 0 Å². The van der Waals surface area contributed by atoms with Crippen molar-refractivity contribution < 1.29 is 27.2 Å². The normalized spacial score (nSPS) is 13.4. The molecule has 1 aromatic rings. The van der Waals surface area contributed by atoms with Crippen molar-refractivity contribution in [3.63, 3.8) is 0 Å². The molecule has 0 saturated heterocycles. The van der Waals surface area contributed by atoms with E-state index in [2.05, 4.69) is 15.9 Å². The number of aliphatic hydroxyl groups excluding tert-OH is 1. The summed E-state index contributed by atoms with van der Waals surface area (Å²) in [5.41, 5.74) is -0.702. The molecule has 2 N–H and O–H groups in total. The molecule has 20 heavy (non-hydrogen) atoms. The summed E-state index contributed by atoms with van der Waals surface area (Å²) >= 11 is 2.96. The highest BCUT2D eigenvalue weighted by molar-refractivity contribution is 9.10. The van der Waals surface area contributed by atoms with Crippen LogP contribution in [0.25, 0.3) is 0 Å². The number of nitrogens with zero attached hydrogens (tertiary/aromatic N) is 1. The first-order valence-electron chi connectivity index (χ1n) is 5.05. The van der Waals surface area contributed by atoms with Crippen LogP contribution in [0.1, 0.15) is 0 Å². The van der Waals surface area contributed by atoms with E-state index in [0.717, 1.165) is 12.1 Å². The number of benzene rings is 1. The van der Waals surface area contributed by atoms with Gasteiger partial charge in [0.15, 0.2) is 4.90 Å². The van der Waals surface area contributed by atoms with Gasteiger partial charge in [-0.15, -0.1) is 0 Å². The maximum Gasteiger partial charge on any atom is 0.289 e. The largest absolute Gasteiger partial charge is 0.386 e. The molecule has 7 nitrogen and oxygen atoms in total. The van der Waals surface area contributed by atoms with Crippen LogP contribution in [0.15, 0.2) is 27.6 Å². The third-order valence-corrected chi connectivity index (χ3v) is 4.13. The molecule has 0 fully saturated rings. The Morgan fingerprint density at radius 2 is 2.05 bits per heavy atom. The maximum absolute atomic E-state index is 12.1. The lowest BCUT2D eigenvalue weighted by molar-refractivity contribution is -0.387. The van der Waals surface area contributed by atoms with Gasteiger partial charge in [-0.3, -0.25) is 10.1 Å². The summed E-state index contributed by atoms with van der Waals surface area (Å²) in [6.07, 6.45) is -5.33. The second-order valence-electron chi connectivity index (χ2n) is 3.62. The first kappa shape index (κ1) is 16.9. The fraction of sp³-hybridized carbons (Fsp3) is 0.333. The highest BCUT2D eigenvalue weighted by Crippen LogP contribution is 2.27. The highest BCUT2D eigenvalue weighted by Gasteiger charge is 2.27. The molecule has 1 unspecified atom stereocenters. The number of hydrogen-bond donors (Lipinski definition) is 2. The highest BCUT2D eigenvalue weighted by atomic mass is 79.9. The van der Waals surface area contributed by atoms with Crippen molar-refractivity contribution in [2.24, 2.45) is 0 Å². The average Bonchev–Trinajstić information content (AvgIpc) is 2.35. The van der Waals surface area contributed by atoms with Gasteiger partial charge in [-0.05, 0) is 12.1 Å². The number of alkyl halides is 2. The van der Waals surface area contributed by atoms with Gasteiger partial charge in [0.2, 0.25) is 10.0 Å². The molecule has 0 aliphatic rings. The molecule has 1 aromatic carbocycles. The van der Waals surface area contributed by atoms with Gasteiger partial charge >= 0.3 is 0 Å². The minimum atomic E-state index is -4.40. The van der Waals surface area contributed by atoms with Crippen LogP contribution in [0, 0.1) is 10.1 Å². The zero-order chi connectivity index (χ0) is 15.5. The van der Waals surface area contributed by atoms with Crippen molar-refractivity contribution in [2.45, 2.75) is 17.4 Å². The zero-order valence-corrected chi connectivity index (χ0v) is 12.1. The Bertz CT molecular complexity index is 610. The van der Waals surface area contributed by atoms with Gasteiger partial charge in [0.05, 0.1) is 4.92 Å². The van der Waals surface area contributed by atoms with Crippen LogP contribution in [-0.2, 0) is 10.0 Å². The molecule has 0 aromatic heterocycles. The molecular formula is C9H9BrF2N2O5S. The minimum Gasteiger partial charge on any atom is -0.386 e. The van der Waals surface area contributed by atoms with E-state index in [1.54, 1.807) is 4.72 Å². The molecular weight excluding hydrogens is 366 g/mol. The predicted molar refractivity (Wildman–Crippen MR) is 68.0 cm³/mol. The van der Waals surface area contributed by atoms with E-state index >= 15 is 0 Å². The Morgan fingerprint density at radius 3 is 2.55 bits per heavy atom. The molecule has 1 rings (SSSR count). The molecule has 112 valence electrons. The van der Waals surface area contributed by atoms with Crippen LogP contribution in [0.2, 0.25) is 0 Å². The third kappa shape index (κ3) is 4.16. The molecule has 0 aliphatic carbocycles. The number of sulfonamides is 1. The first-order chi connectivity index (χ1) is 9.15. The second-order valence-corrected chi connectivity index (χ2v) is 6.27. The lowest BCUT2D eigenvalue weighted by Gasteiger charge is -2.11. The Hall–Kier alpha value is -1.17. The van der Waals surface area contributed by atoms with Crippen LogP contribution in [0.4, 0.5) is 14.5 Å². The molecule has 0 heterocycles. The smallest absolute Gasteiger partial charge is 0.289 e. The third-order valence-electron chi connectivity index (χ3n) is 2.18. The average molecular weight is 375 g/mol. The van der Waals surface area contributed by atoms with Crippen LogP contribution < -0.4 is 4.72 Å². The number of aliphatic hydroxyl groups is 1. The van der Waals surface area contributed by atoms with Crippen molar-refractivity contribution in [2.75, 3.05) is 6.54 Å². The number of halogens is 3. The van der Waals surface area contributed by atoms with E-state index in [4.69, 9.17) is 5.11 Å². The number of nitrogens with one attached hydrogen (secondary N) is 1. The fourth-order valence-electron chi connectivity index (χ4n) is 1.22. The SMILES string of the molecule is O=[N+]([O-])c1ccc(Br)cc1S(=O)(=O)NCC(O)C(F)F. The quantitative estimate of drug-likeness (QED) is 0.575. The number of nitro groups is 1. The van der Waals surface area contributed by atoms with Gasteiger partial charge in [-0.2, -0.15) is 0 Å². The van der Waals surface area contributed by atoms with Crippen molar-refractivity contribution >= 4 is 31.6 Å². The summed E-state index contributed by atoms with van der Waals surface area (Å²) in [7, 11) is -4.40. The summed E-state index contributed by atoms with van der Waals surface area (Å²) in [4.78, 5) is 9.16. The van der Waals surface area contributed by atoms with E-state index < -0.39 is 44.6 Å². The van der Waals surface area contributed by atoms with Crippen molar-refractivity contribution in [1.82, 2.24) is 4.72 Å². The topological polar surface area (TPSA) is 110 Å². The minimum absolute atomic E-state index is 0.262. The molecule has 0 radical (unpaired) electrons. The van der Waals surface area contributed by atoms with Gasteiger partial charge in [-0.25, -0.2) is 21.9 Å². The lowest BCUT2D eigenvalue weighted by atomic mass is 10.3. The van der Waals surface area contributed by atoms with E-state index in [1.807, 2.05) is 0 Å². The molecule has 0 aliphatic heterocycles. The molecule has 0 amide bonds. The summed E-state index contributed by atoms with van der Waals surface area (Å²) in [6.45, 7) is -0.955. The van der Waals surface area contributed by atoms with Crippen molar-refractivity contribution in [3.05, 3.63) is 32.8 Å². The Labute approximate surface area is 120 Å². The molecule has 0 bridgehead atoms. The number of hydrogen-bond acceptors (Lipinski definition) is 5. The van der Waals surface area contributed by atoms with Crippen LogP contribution in [0.5, 0.6) is 0 Å². The van der Waals surface area contributed by atoms with Gasteiger partial charge in [0.1, 0.15) is 6.10 Å². The molecule has 1 atom stereocenters. The second kappa shape index (κ2) is 6.52. The van der Waals surface area contributed by atoms with E-state index in [-0.39, 0.29) is 4.47 Å². The molecule has 0 saturated carbocycles. The zero-order valence-electron chi connectivity index (χ0n) is 9.66. The standard InChI is InChI=1S/C9H9BrF2N2O5S/c10-5-1-2-6(14(16)17)8(3-5)20(18,19)13-4-7(15)9(11)12/h1-3,7,9,13,15H,4H2. The molecule has 11 heteroatoms. The molecule has 0 spiro atoms. The van der Waals surface area contributed by atoms with Crippen LogP contribution >= 0.6 is 15.9 Å². The van der Waals surface area contributed by atoms with Gasteiger partial charge in [0, 0.05) is 17.1 Å². The summed E-state index contributed by atoms with van der Waals surface area (Å²) in [5.74, 6) is 0. The Morgan fingerprint density at radius 1 is 1.45 bits per heavy atom. The summed E-state index contributed by atoms with van der Waals surface area (Å²) in [6, 6.07) is 3.20. The van der Waals surface area contributed by atoms with Gasteiger partial charge < -0.3 is 5.11 Å². The monoisotopic (exact) mass is 374 g/mol. The van der Waals surface area contributed by atoms with Crippen LogP contribution in [-0.4, -0.2) is 37.5 Å². The lowest BCUT2D eigenvalue weighted by Crippen LogP contribution is -2.36. The van der Waals surface area contributed by atoms with E-state index in [9.17, 15) is 27.3 Å². The number of nitro benzene ring substituents is 1. The Kier molecular flexibility index (Phi) is 5.50. The van der Waals surface area contributed by atoms with E-state index in [1.165, 1.54) is 6.07 Å². The number of rotatable bonds is 6. The predicted octanol–water partition coefficient (Wildman–Crippen LogP) is 1.26. The van der Waals surface area contributed by atoms with Crippen LogP contribution in [0.3, 0.4) is 0 Å².